The van der Waals surface area contributed by atoms with Crippen molar-refractivity contribution in [1.82, 2.24) is 4.98 Å². The first-order valence-electron chi connectivity index (χ1n) is 4.77. The van der Waals surface area contributed by atoms with Crippen LogP contribution >= 0.6 is 0 Å². The molecule has 1 rings (SSSR count). The van der Waals surface area contributed by atoms with Crippen LogP contribution < -0.4 is 0 Å². The number of rotatable bonds is 0. The lowest BCUT2D eigenvalue weighted by molar-refractivity contribution is 1.27. The minimum atomic E-state index is -2.54. The minimum absolute atomic E-state index is 0.276. The Morgan fingerprint density at radius 3 is 3.71 bits per heavy atom. The summed E-state index contributed by atoms with van der Waals surface area (Å²) in [6.07, 6.45) is 0.543. The summed E-state index contributed by atoms with van der Waals surface area (Å²) >= 11 is 0. The average Bonchev–Trinajstić information content (AvgIpc) is 1.95. The molecule has 0 aliphatic carbocycles. The van der Waals surface area contributed by atoms with Gasteiger partial charge in [-0.05, 0) is 18.5 Å². The second-order valence-electron chi connectivity index (χ2n) is 1.01. The van der Waals surface area contributed by atoms with Gasteiger partial charge in [-0.2, -0.15) is 0 Å². The first-order chi connectivity index (χ1) is 5.84. The second-order valence-corrected chi connectivity index (χ2v) is 1.01. The summed E-state index contributed by atoms with van der Waals surface area (Å²) < 4.78 is 42.7. The molecule has 0 spiro atoms. The Kier molecular flexibility index (Phi) is 0.274. The molecule has 0 N–H and O–H groups in total. The van der Waals surface area contributed by atoms with Gasteiger partial charge in [0.05, 0.1) is 4.11 Å². The summed E-state index contributed by atoms with van der Waals surface area (Å²) in [4.78, 5) is 3.41. The maximum atomic E-state index is 7.28. The van der Waals surface area contributed by atoms with Crippen LogP contribution in [-0.2, 0) is 0 Å². The molecule has 1 aromatic rings. The van der Waals surface area contributed by atoms with Crippen LogP contribution in [0.25, 0.3) is 0 Å². The molecular formula is C6H7N. The van der Waals surface area contributed by atoms with E-state index < -0.39 is 24.6 Å². The van der Waals surface area contributed by atoms with E-state index in [-0.39, 0.29) is 6.04 Å². The number of nitrogens with zero attached hydrogens (tertiary/aromatic N) is 1. The molecule has 0 aliphatic rings. The summed E-state index contributed by atoms with van der Waals surface area (Å²) in [6, 6.07) is -0.720. The predicted octanol–water partition coefficient (Wildman–Crippen LogP) is 1.39. The van der Waals surface area contributed by atoms with Crippen LogP contribution in [0.1, 0.15) is 13.8 Å². The zero-order valence-electron chi connectivity index (χ0n) is 9.52. The lowest BCUT2D eigenvalue weighted by atomic mass is 10.3. The number of hydrogen-bond acceptors (Lipinski definition) is 1. The van der Waals surface area contributed by atoms with Crippen LogP contribution in [-0.4, -0.2) is 4.98 Å². The van der Waals surface area contributed by atoms with Gasteiger partial charge in [0.25, 0.3) is 0 Å². The SMILES string of the molecule is [2H]c1cnc([2H])c(C([2H])([2H])[2H])c1[2H]. The second kappa shape index (κ2) is 1.73. The summed E-state index contributed by atoms with van der Waals surface area (Å²) in [6.45, 7) is -2.54. The van der Waals surface area contributed by atoms with Gasteiger partial charge in [-0.3, -0.25) is 4.98 Å². The number of pyridine rings is 1. The van der Waals surface area contributed by atoms with Crippen molar-refractivity contribution in [3.63, 3.8) is 0 Å². The van der Waals surface area contributed by atoms with E-state index in [0.29, 0.717) is 0 Å². The summed E-state index contributed by atoms with van der Waals surface area (Å²) in [5.74, 6) is 0. The lowest BCUT2D eigenvalue weighted by Gasteiger charge is -1.82. The first-order valence-corrected chi connectivity index (χ1v) is 1.77. The van der Waals surface area contributed by atoms with Gasteiger partial charge in [0.2, 0.25) is 0 Å². The third-order valence-corrected chi connectivity index (χ3v) is 0.503. The van der Waals surface area contributed by atoms with E-state index >= 15 is 0 Å². The molecule has 0 aromatic carbocycles. The van der Waals surface area contributed by atoms with Crippen molar-refractivity contribution in [3.8, 4) is 0 Å². The van der Waals surface area contributed by atoms with Crippen LogP contribution in [0.5, 0.6) is 0 Å². The zero-order valence-corrected chi connectivity index (χ0v) is 3.52. The Bertz CT molecular complexity index is 331. The topological polar surface area (TPSA) is 12.9 Å². The molecule has 36 valence electrons. The minimum Gasteiger partial charge on any atom is -0.264 e. The van der Waals surface area contributed by atoms with Crippen molar-refractivity contribution < 1.29 is 8.22 Å². The van der Waals surface area contributed by atoms with Crippen molar-refractivity contribution in [1.29, 1.82) is 0 Å². The van der Waals surface area contributed by atoms with Gasteiger partial charge in [-0.25, -0.2) is 0 Å². The van der Waals surface area contributed by atoms with E-state index in [1.165, 1.54) is 0 Å². The third-order valence-electron chi connectivity index (χ3n) is 0.503. The molecule has 1 heterocycles. The fraction of sp³-hybridized carbons (Fsp3) is 0.167. The van der Waals surface area contributed by atoms with Crippen LogP contribution in [0, 0.1) is 6.85 Å². The summed E-state index contributed by atoms with van der Waals surface area (Å²) in [5.41, 5.74) is -0.458. The van der Waals surface area contributed by atoms with E-state index in [4.69, 9.17) is 8.22 Å². The normalized spacial score (nSPS) is 22.9. The fourth-order valence-corrected chi connectivity index (χ4v) is 0.261. The average molecular weight is 99.2 g/mol. The molecule has 7 heavy (non-hydrogen) atoms. The van der Waals surface area contributed by atoms with Crippen molar-refractivity contribution in [2.75, 3.05) is 0 Å². The van der Waals surface area contributed by atoms with Gasteiger partial charge in [-0.1, -0.05) is 6.04 Å². The number of aromatic nitrogens is 1. The van der Waals surface area contributed by atoms with E-state index in [2.05, 4.69) is 4.98 Å². The smallest absolute Gasteiger partial charge is 0.0843 e. The predicted molar refractivity (Wildman–Crippen MR) is 29.0 cm³/mol. The van der Waals surface area contributed by atoms with Gasteiger partial charge in [0, 0.05) is 16.5 Å². The molecule has 0 saturated heterocycles. The highest BCUT2D eigenvalue weighted by atomic mass is 14.6. The zero-order chi connectivity index (χ0) is 10.2. The molecule has 1 aromatic heterocycles. The Morgan fingerprint density at radius 2 is 3.00 bits per heavy atom. The maximum absolute atomic E-state index is 7.28. The Balaban J connectivity index is 3.43. The number of hydrogen-bond donors (Lipinski definition) is 0. The highest BCUT2D eigenvalue weighted by Gasteiger charge is 1.73. The van der Waals surface area contributed by atoms with Crippen LogP contribution in [0.4, 0.5) is 0 Å². The monoisotopic (exact) mass is 99.1 g/mol. The molecule has 1 nitrogen and oxygen atoms in total. The molecule has 0 bridgehead atoms. The highest BCUT2D eigenvalue weighted by Crippen LogP contribution is 1.88. The summed E-state index contributed by atoms with van der Waals surface area (Å²) in [7, 11) is 0. The highest BCUT2D eigenvalue weighted by molar-refractivity contribution is 5.04. The van der Waals surface area contributed by atoms with Crippen LogP contribution in [0.15, 0.2) is 24.5 Å². The van der Waals surface area contributed by atoms with Crippen LogP contribution in [0.2, 0.25) is 0 Å². The van der Waals surface area contributed by atoms with Gasteiger partial charge in [-0.15, -0.1) is 0 Å². The molecular weight excluding hydrogens is 86.1 g/mol. The molecule has 0 fully saturated rings. The van der Waals surface area contributed by atoms with Crippen molar-refractivity contribution in [3.05, 3.63) is 30.0 Å². The molecule has 0 unspecified atom stereocenters. The van der Waals surface area contributed by atoms with E-state index in [1.807, 2.05) is 0 Å². The standard InChI is InChI=1S/C6H7N/c1-6-3-2-4-7-5-6/h2-5H,1H3/i1D3,2D,3D,5D. The Morgan fingerprint density at radius 1 is 2.00 bits per heavy atom. The largest absolute Gasteiger partial charge is 0.264 e. The molecule has 0 aliphatic heterocycles. The van der Waals surface area contributed by atoms with Crippen molar-refractivity contribution in [2.45, 2.75) is 6.85 Å². The van der Waals surface area contributed by atoms with Gasteiger partial charge >= 0.3 is 0 Å². The Labute approximate surface area is 51.4 Å². The third kappa shape index (κ3) is 1.000. The van der Waals surface area contributed by atoms with Crippen molar-refractivity contribution >= 4 is 0 Å². The van der Waals surface area contributed by atoms with Crippen molar-refractivity contribution in [2.24, 2.45) is 0 Å². The summed E-state index contributed by atoms with van der Waals surface area (Å²) in [5, 5.41) is 0. The molecule has 0 atom stereocenters. The van der Waals surface area contributed by atoms with Gasteiger partial charge < -0.3 is 0 Å². The lowest BCUT2D eigenvalue weighted by Crippen LogP contribution is -1.69. The fourth-order valence-electron chi connectivity index (χ4n) is 0.261. The molecule has 0 radical (unpaired) electrons. The molecule has 0 amide bonds. The van der Waals surface area contributed by atoms with E-state index in [0.717, 1.165) is 6.20 Å². The van der Waals surface area contributed by atoms with E-state index in [9.17, 15) is 0 Å². The maximum Gasteiger partial charge on any atom is 0.0843 e. The first kappa shape index (κ1) is 1.10. The van der Waals surface area contributed by atoms with Gasteiger partial charge in [0.1, 0.15) is 0 Å². The Hall–Kier alpha value is -0.850. The van der Waals surface area contributed by atoms with Crippen LogP contribution in [0.3, 0.4) is 0 Å². The molecule has 1 heteroatoms. The molecule has 0 saturated carbocycles. The quantitative estimate of drug-likeness (QED) is 0.479. The van der Waals surface area contributed by atoms with Gasteiger partial charge in [0.15, 0.2) is 0 Å². The van der Waals surface area contributed by atoms with E-state index in [1.54, 1.807) is 0 Å².